The third-order valence-corrected chi connectivity index (χ3v) is 17.1. The Bertz CT molecular complexity index is 2750. The molecular weight excluding hydrogens is 747 g/mol. The Kier molecular flexibility index (Phi) is 8.57. The molecular formula is C59H73BN2. The highest BCUT2D eigenvalue weighted by molar-refractivity contribution is 7.00. The molecule has 0 amide bonds. The Hall–Kier alpha value is -4.24. The molecule has 62 heavy (non-hydrogen) atoms. The van der Waals surface area contributed by atoms with Crippen molar-refractivity contribution in [1.29, 1.82) is 0 Å². The molecule has 5 aliphatic rings. The van der Waals surface area contributed by atoms with Crippen molar-refractivity contribution < 1.29 is 0 Å². The van der Waals surface area contributed by atoms with Crippen molar-refractivity contribution >= 4 is 57.2 Å². The van der Waals surface area contributed by atoms with Gasteiger partial charge in [0.25, 0.3) is 6.71 Å². The zero-order chi connectivity index (χ0) is 44.6. The molecule has 10 rings (SSSR count). The predicted molar refractivity (Wildman–Crippen MR) is 270 cm³/mol. The molecule has 2 heterocycles. The van der Waals surface area contributed by atoms with Crippen LogP contribution in [0.15, 0.2) is 72.8 Å². The van der Waals surface area contributed by atoms with Crippen molar-refractivity contribution in [2.75, 3.05) is 9.80 Å². The fourth-order valence-electron chi connectivity index (χ4n) is 13.3. The van der Waals surface area contributed by atoms with E-state index in [0.717, 1.165) is 6.42 Å². The Morgan fingerprint density at radius 3 is 1.52 bits per heavy atom. The number of hydrogen-bond acceptors (Lipinski definition) is 2. The van der Waals surface area contributed by atoms with E-state index in [1.54, 1.807) is 0 Å². The largest absolute Gasteiger partial charge is 0.311 e. The molecule has 0 spiro atoms. The van der Waals surface area contributed by atoms with E-state index < -0.39 is 0 Å². The topological polar surface area (TPSA) is 6.48 Å². The van der Waals surface area contributed by atoms with Gasteiger partial charge in [0, 0.05) is 34.1 Å². The van der Waals surface area contributed by atoms with E-state index in [9.17, 15) is 0 Å². The number of nitrogens with zero attached hydrogens (tertiary/aromatic N) is 2. The molecule has 0 saturated heterocycles. The van der Waals surface area contributed by atoms with E-state index in [2.05, 4.69) is 200 Å². The lowest BCUT2D eigenvalue weighted by Crippen LogP contribution is -2.61. The van der Waals surface area contributed by atoms with Crippen LogP contribution in [0.3, 0.4) is 0 Å². The zero-order valence-corrected chi connectivity index (χ0v) is 41.4. The fraction of sp³-hybridized carbons (Fsp3) is 0.492. The summed E-state index contributed by atoms with van der Waals surface area (Å²) in [6, 6.07) is 30.6. The van der Waals surface area contributed by atoms with Gasteiger partial charge in [-0.25, -0.2) is 0 Å². The lowest BCUT2D eigenvalue weighted by atomic mass is 9.33. The number of fused-ring (bicyclic) bond motifs is 7. The molecule has 0 fully saturated rings. The second-order valence-electron chi connectivity index (χ2n) is 25.7. The average molecular weight is 821 g/mol. The van der Waals surface area contributed by atoms with Gasteiger partial charge in [-0.1, -0.05) is 134 Å². The first-order chi connectivity index (χ1) is 28.6. The van der Waals surface area contributed by atoms with Crippen molar-refractivity contribution in [1.82, 2.24) is 0 Å². The first-order valence-electron chi connectivity index (χ1n) is 24.0. The molecule has 322 valence electrons. The maximum Gasteiger partial charge on any atom is 0.252 e. The summed E-state index contributed by atoms with van der Waals surface area (Å²) < 4.78 is 0. The summed E-state index contributed by atoms with van der Waals surface area (Å²) in [5.74, 6) is 0. The second kappa shape index (κ2) is 12.7. The maximum absolute atomic E-state index is 2.73. The highest BCUT2D eigenvalue weighted by Gasteiger charge is 2.49. The summed E-state index contributed by atoms with van der Waals surface area (Å²) in [6.07, 6.45) is 5.96. The summed E-state index contributed by atoms with van der Waals surface area (Å²) in [6.45, 7) is 41.6. The summed E-state index contributed by atoms with van der Waals surface area (Å²) in [4.78, 5) is 5.41. The van der Waals surface area contributed by atoms with Gasteiger partial charge in [0.15, 0.2) is 0 Å². The van der Waals surface area contributed by atoms with Gasteiger partial charge in [-0.15, -0.1) is 0 Å². The average Bonchev–Trinajstić information content (AvgIpc) is 3.35. The third-order valence-electron chi connectivity index (χ3n) is 17.1. The van der Waals surface area contributed by atoms with Crippen LogP contribution in [0.4, 0.5) is 34.1 Å². The summed E-state index contributed by atoms with van der Waals surface area (Å²) in [5, 5.41) is 0. The minimum atomic E-state index is 0.00459. The van der Waals surface area contributed by atoms with Gasteiger partial charge in [-0.05, 0) is 193 Å². The van der Waals surface area contributed by atoms with E-state index in [1.807, 2.05) is 0 Å². The van der Waals surface area contributed by atoms with Gasteiger partial charge in [0.2, 0.25) is 0 Å². The van der Waals surface area contributed by atoms with Gasteiger partial charge in [0.1, 0.15) is 0 Å². The van der Waals surface area contributed by atoms with Crippen LogP contribution in [0.25, 0.3) is 0 Å². The van der Waals surface area contributed by atoms with Crippen LogP contribution in [-0.4, -0.2) is 6.71 Å². The number of hydrogen-bond donors (Lipinski definition) is 0. The zero-order valence-electron chi connectivity index (χ0n) is 41.4. The molecule has 5 aromatic carbocycles. The fourth-order valence-corrected chi connectivity index (χ4v) is 13.3. The number of aryl methyl sites for hydroxylation is 2. The normalized spacial score (nSPS) is 21.3. The van der Waals surface area contributed by atoms with Crippen molar-refractivity contribution in [3.63, 3.8) is 0 Å². The molecule has 0 saturated carbocycles. The highest BCUT2D eigenvalue weighted by Crippen LogP contribution is 2.55. The van der Waals surface area contributed by atoms with Crippen molar-refractivity contribution in [3.8, 4) is 0 Å². The molecule has 2 aliphatic heterocycles. The predicted octanol–water partition coefficient (Wildman–Crippen LogP) is 14.3. The molecule has 0 radical (unpaired) electrons. The van der Waals surface area contributed by atoms with Crippen LogP contribution in [0.5, 0.6) is 0 Å². The minimum absolute atomic E-state index is 0.00459. The second-order valence-corrected chi connectivity index (χ2v) is 25.7. The van der Waals surface area contributed by atoms with E-state index in [-0.39, 0.29) is 44.6 Å². The first kappa shape index (κ1) is 41.8. The Balaban J connectivity index is 1.32. The van der Waals surface area contributed by atoms with E-state index in [0.29, 0.717) is 0 Å². The van der Waals surface area contributed by atoms with Gasteiger partial charge in [-0.3, -0.25) is 0 Å². The number of benzene rings is 5. The summed E-state index contributed by atoms with van der Waals surface area (Å²) >= 11 is 0. The third kappa shape index (κ3) is 5.94. The summed E-state index contributed by atoms with van der Waals surface area (Å²) in [7, 11) is 0. The van der Waals surface area contributed by atoms with Crippen LogP contribution in [-0.2, 0) is 37.9 Å². The molecule has 0 atom stereocenters. The molecule has 0 N–H and O–H groups in total. The van der Waals surface area contributed by atoms with Gasteiger partial charge < -0.3 is 9.80 Å². The minimum Gasteiger partial charge on any atom is -0.311 e. The highest BCUT2D eigenvalue weighted by atomic mass is 15.2. The van der Waals surface area contributed by atoms with Gasteiger partial charge in [0.05, 0.1) is 0 Å². The van der Waals surface area contributed by atoms with E-state index >= 15 is 0 Å². The first-order valence-corrected chi connectivity index (χ1v) is 24.0. The molecule has 3 heteroatoms. The molecule has 2 nitrogen and oxygen atoms in total. The van der Waals surface area contributed by atoms with Crippen LogP contribution in [0, 0.1) is 13.8 Å². The smallest absolute Gasteiger partial charge is 0.252 e. The Labute approximate surface area is 376 Å². The number of rotatable bonds is 2. The van der Waals surface area contributed by atoms with E-state index in [4.69, 9.17) is 0 Å². The molecule has 3 aliphatic carbocycles. The quantitative estimate of drug-likeness (QED) is 0.160. The van der Waals surface area contributed by atoms with Crippen LogP contribution < -0.4 is 26.2 Å². The lowest BCUT2D eigenvalue weighted by molar-refractivity contribution is 0.332. The monoisotopic (exact) mass is 821 g/mol. The summed E-state index contributed by atoms with van der Waals surface area (Å²) in [5.41, 5.74) is 26.0. The SMILES string of the molecule is Cc1cc2c3c(c1)N(c1cc4c(cc1C)C(C)(C)CCC4(C)C)c1cc4c(cc1B3c1ccc(C(C)(C)C)cc1N2c1ccc2c(c1)C(C)(C)CCC2(C)C)C(C)(C)CC4(C)C. The van der Waals surface area contributed by atoms with Crippen molar-refractivity contribution in [2.24, 2.45) is 0 Å². The molecule has 0 aromatic heterocycles. The lowest BCUT2D eigenvalue weighted by Gasteiger charge is -2.47. The Morgan fingerprint density at radius 1 is 0.435 bits per heavy atom. The van der Waals surface area contributed by atoms with Gasteiger partial charge >= 0.3 is 0 Å². The molecule has 0 bridgehead atoms. The van der Waals surface area contributed by atoms with Crippen molar-refractivity contribution in [3.05, 3.63) is 123 Å². The molecule has 5 aromatic rings. The molecule has 0 unspecified atom stereocenters. The van der Waals surface area contributed by atoms with Crippen LogP contribution in [0.1, 0.15) is 186 Å². The Morgan fingerprint density at radius 2 is 0.919 bits per heavy atom. The maximum atomic E-state index is 2.73. The van der Waals surface area contributed by atoms with Crippen LogP contribution >= 0.6 is 0 Å². The van der Waals surface area contributed by atoms with E-state index in [1.165, 1.54) is 126 Å². The van der Waals surface area contributed by atoms with Crippen LogP contribution in [0.2, 0.25) is 0 Å². The standard InChI is InChI=1S/C59H73BN2/c1-35-26-50-52-51(27-35)62(47-32-43-40(28-36(47)2)55(8,9)24-25-57(43,12)13)49-33-44-42(58(14,15)34-59(44,16)17)31-46(49)60(52)45-21-18-37(53(3,4)5)29-48(45)61(50)38-19-20-39-41(30-38)56(10,11)23-22-54(39,6)7/h18-21,26-33H,22-25,34H2,1-17H3. The van der Waals surface area contributed by atoms with Gasteiger partial charge in [-0.2, -0.15) is 0 Å². The van der Waals surface area contributed by atoms with Crippen molar-refractivity contribution in [2.45, 2.75) is 188 Å². The number of anilines is 6.